The average Bonchev–Trinajstić information content (AvgIpc) is 2.57. The van der Waals surface area contributed by atoms with E-state index in [9.17, 15) is 4.79 Å². The molecule has 1 aromatic heterocycles. The minimum Gasteiger partial charge on any atom is -0.370 e. The maximum Gasteiger partial charge on any atom is 0.274 e. The van der Waals surface area contributed by atoms with Gasteiger partial charge in [-0.2, -0.15) is 0 Å². The summed E-state index contributed by atoms with van der Waals surface area (Å²) in [5.74, 6) is 0.709. The number of aliphatic imine (C=N–C) groups is 1. The van der Waals surface area contributed by atoms with Gasteiger partial charge in [-0.15, -0.1) is 0 Å². The van der Waals surface area contributed by atoms with Crippen LogP contribution in [0.5, 0.6) is 0 Å². The monoisotopic (exact) mass is 280 g/mol. The molecule has 1 aliphatic heterocycles. The summed E-state index contributed by atoms with van der Waals surface area (Å²) in [6.45, 7) is 1.82. The van der Waals surface area contributed by atoms with E-state index in [0.717, 1.165) is 36.6 Å². The predicted molar refractivity (Wildman–Crippen MR) is 82.7 cm³/mol. The molecule has 0 aliphatic carbocycles. The Morgan fingerprint density at radius 1 is 1.14 bits per heavy atom. The first-order valence-corrected chi connectivity index (χ1v) is 6.94. The summed E-state index contributed by atoms with van der Waals surface area (Å²) in [7, 11) is 0. The van der Waals surface area contributed by atoms with Crippen LogP contribution in [0.2, 0.25) is 0 Å². The molecule has 5 nitrogen and oxygen atoms in total. The SMILES string of the molecule is O=C(Nc1ccc(C2=NCCCN2)cc1)c1ccccn1. The van der Waals surface area contributed by atoms with E-state index in [1.54, 1.807) is 24.4 Å². The number of hydrogen-bond donors (Lipinski definition) is 2. The number of rotatable bonds is 3. The molecule has 0 unspecified atom stereocenters. The number of carbonyl (C=O) groups is 1. The number of nitrogens with zero attached hydrogens (tertiary/aromatic N) is 2. The summed E-state index contributed by atoms with van der Waals surface area (Å²) < 4.78 is 0. The summed E-state index contributed by atoms with van der Waals surface area (Å²) in [6.07, 6.45) is 2.67. The Morgan fingerprint density at radius 3 is 2.67 bits per heavy atom. The molecule has 5 heteroatoms. The molecule has 2 aromatic rings. The van der Waals surface area contributed by atoms with E-state index in [4.69, 9.17) is 0 Å². The molecule has 0 radical (unpaired) electrons. The Morgan fingerprint density at radius 2 is 2.00 bits per heavy atom. The first-order valence-electron chi connectivity index (χ1n) is 6.94. The van der Waals surface area contributed by atoms with Crippen LogP contribution in [0.3, 0.4) is 0 Å². The Balaban J connectivity index is 1.70. The third-order valence-corrected chi connectivity index (χ3v) is 3.21. The van der Waals surface area contributed by atoms with E-state index < -0.39 is 0 Å². The third-order valence-electron chi connectivity index (χ3n) is 3.21. The van der Waals surface area contributed by atoms with Crippen molar-refractivity contribution in [2.75, 3.05) is 18.4 Å². The number of benzene rings is 1. The van der Waals surface area contributed by atoms with Crippen molar-refractivity contribution >= 4 is 17.4 Å². The van der Waals surface area contributed by atoms with Crippen molar-refractivity contribution in [3.05, 3.63) is 59.9 Å². The van der Waals surface area contributed by atoms with Crippen LogP contribution in [-0.4, -0.2) is 29.8 Å². The fourth-order valence-electron chi connectivity index (χ4n) is 2.13. The Kier molecular flexibility index (Phi) is 3.91. The van der Waals surface area contributed by atoms with Gasteiger partial charge in [-0.25, -0.2) is 0 Å². The highest BCUT2D eigenvalue weighted by atomic mass is 16.1. The molecule has 0 saturated carbocycles. The molecule has 0 fully saturated rings. The second kappa shape index (κ2) is 6.17. The molecular formula is C16H16N4O. The molecule has 0 spiro atoms. The molecule has 2 heterocycles. The quantitative estimate of drug-likeness (QED) is 0.904. The van der Waals surface area contributed by atoms with Crippen LogP contribution in [0, 0.1) is 0 Å². The largest absolute Gasteiger partial charge is 0.370 e. The number of anilines is 1. The standard InChI is InChI=1S/C16H16N4O/c21-16(14-4-1-2-9-17-14)20-13-7-5-12(6-8-13)15-18-10-3-11-19-15/h1-2,4-9H,3,10-11H2,(H,18,19)(H,20,21). The zero-order chi connectivity index (χ0) is 14.5. The maximum atomic E-state index is 12.0. The Bertz CT molecular complexity index is 650. The predicted octanol–water partition coefficient (Wildman–Crippen LogP) is 2.07. The summed E-state index contributed by atoms with van der Waals surface area (Å²) >= 11 is 0. The lowest BCUT2D eigenvalue weighted by Gasteiger charge is -2.15. The molecule has 21 heavy (non-hydrogen) atoms. The number of amides is 1. The van der Waals surface area contributed by atoms with Crippen LogP contribution in [-0.2, 0) is 0 Å². The first kappa shape index (κ1) is 13.3. The fourth-order valence-corrected chi connectivity index (χ4v) is 2.13. The van der Waals surface area contributed by atoms with E-state index in [-0.39, 0.29) is 5.91 Å². The van der Waals surface area contributed by atoms with E-state index >= 15 is 0 Å². The summed E-state index contributed by atoms with van der Waals surface area (Å²) in [6, 6.07) is 12.9. The molecule has 1 amide bonds. The molecule has 1 aliphatic rings. The number of amidine groups is 1. The van der Waals surface area contributed by atoms with Gasteiger partial charge in [0.15, 0.2) is 0 Å². The van der Waals surface area contributed by atoms with Gasteiger partial charge >= 0.3 is 0 Å². The van der Waals surface area contributed by atoms with Crippen molar-refractivity contribution in [1.82, 2.24) is 10.3 Å². The molecule has 0 bridgehead atoms. The van der Waals surface area contributed by atoms with E-state index in [1.165, 1.54) is 0 Å². The minimum atomic E-state index is -0.212. The van der Waals surface area contributed by atoms with Crippen molar-refractivity contribution in [2.24, 2.45) is 4.99 Å². The van der Waals surface area contributed by atoms with Crippen LogP contribution in [0.15, 0.2) is 53.7 Å². The Labute approximate surface area is 123 Å². The normalized spacial score (nSPS) is 14.0. The zero-order valence-electron chi connectivity index (χ0n) is 11.5. The van der Waals surface area contributed by atoms with E-state index in [0.29, 0.717) is 5.69 Å². The van der Waals surface area contributed by atoms with Gasteiger partial charge < -0.3 is 10.6 Å². The minimum absolute atomic E-state index is 0.212. The van der Waals surface area contributed by atoms with Crippen LogP contribution >= 0.6 is 0 Å². The van der Waals surface area contributed by atoms with Crippen molar-refractivity contribution < 1.29 is 4.79 Å². The zero-order valence-corrected chi connectivity index (χ0v) is 11.5. The summed E-state index contributed by atoms with van der Waals surface area (Å²) in [5, 5.41) is 6.10. The lowest BCUT2D eigenvalue weighted by molar-refractivity contribution is 0.102. The number of hydrogen-bond acceptors (Lipinski definition) is 4. The molecule has 3 rings (SSSR count). The smallest absolute Gasteiger partial charge is 0.274 e. The molecule has 0 atom stereocenters. The molecular weight excluding hydrogens is 264 g/mol. The fraction of sp³-hybridized carbons (Fsp3) is 0.188. The molecule has 106 valence electrons. The summed E-state index contributed by atoms with van der Waals surface area (Å²) in [4.78, 5) is 20.5. The van der Waals surface area contributed by atoms with Crippen molar-refractivity contribution in [1.29, 1.82) is 0 Å². The van der Waals surface area contributed by atoms with Gasteiger partial charge in [-0.1, -0.05) is 6.07 Å². The van der Waals surface area contributed by atoms with Gasteiger partial charge in [0.25, 0.3) is 5.91 Å². The lowest BCUT2D eigenvalue weighted by Crippen LogP contribution is -2.30. The van der Waals surface area contributed by atoms with Gasteiger partial charge in [0, 0.05) is 30.5 Å². The van der Waals surface area contributed by atoms with Crippen LogP contribution in [0.1, 0.15) is 22.5 Å². The van der Waals surface area contributed by atoms with Crippen LogP contribution < -0.4 is 10.6 Å². The van der Waals surface area contributed by atoms with Gasteiger partial charge in [0.1, 0.15) is 11.5 Å². The highest BCUT2D eigenvalue weighted by Gasteiger charge is 2.09. The van der Waals surface area contributed by atoms with Crippen LogP contribution in [0.25, 0.3) is 0 Å². The topological polar surface area (TPSA) is 66.4 Å². The number of pyridine rings is 1. The Hall–Kier alpha value is -2.69. The maximum absolute atomic E-state index is 12.0. The van der Waals surface area contributed by atoms with Gasteiger partial charge in [-0.3, -0.25) is 14.8 Å². The number of nitrogens with one attached hydrogen (secondary N) is 2. The average molecular weight is 280 g/mol. The number of carbonyl (C=O) groups excluding carboxylic acids is 1. The van der Waals surface area contributed by atoms with Crippen molar-refractivity contribution in [2.45, 2.75) is 6.42 Å². The van der Waals surface area contributed by atoms with Gasteiger partial charge in [0.05, 0.1) is 0 Å². The second-order valence-corrected chi connectivity index (χ2v) is 4.76. The van der Waals surface area contributed by atoms with Crippen LogP contribution in [0.4, 0.5) is 5.69 Å². The van der Waals surface area contributed by atoms with E-state index in [1.807, 2.05) is 24.3 Å². The highest BCUT2D eigenvalue weighted by Crippen LogP contribution is 2.12. The van der Waals surface area contributed by atoms with Gasteiger partial charge in [-0.05, 0) is 42.8 Å². The molecule has 2 N–H and O–H groups in total. The third kappa shape index (κ3) is 3.25. The van der Waals surface area contributed by atoms with Crippen molar-refractivity contribution in [3.63, 3.8) is 0 Å². The first-order chi connectivity index (χ1) is 10.3. The summed E-state index contributed by atoms with van der Waals surface area (Å²) in [5.41, 5.74) is 2.18. The lowest BCUT2D eigenvalue weighted by atomic mass is 10.1. The molecule has 0 saturated heterocycles. The van der Waals surface area contributed by atoms with Crippen molar-refractivity contribution in [3.8, 4) is 0 Å². The van der Waals surface area contributed by atoms with E-state index in [2.05, 4.69) is 20.6 Å². The molecule has 1 aromatic carbocycles. The second-order valence-electron chi connectivity index (χ2n) is 4.76. The van der Waals surface area contributed by atoms with Gasteiger partial charge in [0.2, 0.25) is 0 Å². The number of aromatic nitrogens is 1. The highest BCUT2D eigenvalue weighted by molar-refractivity contribution is 6.03.